The maximum absolute atomic E-state index is 13.5. The number of amides is 1. The fraction of sp³-hybridized carbons (Fsp3) is 0.350. The van der Waals surface area contributed by atoms with Gasteiger partial charge >= 0.3 is 0 Å². The van der Waals surface area contributed by atoms with Crippen molar-refractivity contribution in [2.45, 2.75) is 26.3 Å². The molecule has 0 aliphatic carbocycles. The van der Waals surface area contributed by atoms with Gasteiger partial charge in [0.05, 0.1) is 26.2 Å². The van der Waals surface area contributed by atoms with Crippen LogP contribution in [-0.4, -0.2) is 31.1 Å². The second-order valence-corrected chi connectivity index (χ2v) is 5.66. The summed E-state index contributed by atoms with van der Waals surface area (Å²) in [4.78, 5) is 14.3. The smallest absolute Gasteiger partial charge is 0.226 e. The molecule has 1 amide bonds. The lowest BCUT2D eigenvalue weighted by atomic mass is 10.1. The quantitative estimate of drug-likeness (QED) is 0.719. The van der Waals surface area contributed by atoms with E-state index in [0.717, 1.165) is 11.3 Å². The summed E-state index contributed by atoms with van der Waals surface area (Å²) in [6.07, 6.45) is 0.191. The summed E-state index contributed by atoms with van der Waals surface area (Å²) in [5.41, 5.74) is 1.00. The Kier molecular flexibility index (Phi) is 6.81. The van der Waals surface area contributed by atoms with Gasteiger partial charge in [-0.05, 0) is 43.7 Å². The summed E-state index contributed by atoms with van der Waals surface area (Å²) in [6.45, 7) is 4.64. The van der Waals surface area contributed by atoms with Crippen molar-refractivity contribution in [3.05, 3.63) is 59.9 Å². The zero-order valence-corrected chi connectivity index (χ0v) is 14.9. The van der Waals surface area contributed by atoms with E-state index in [1.165, 1.54) is 6.07 Å². The molecular weight excluding hydrogens is 321 g/mol. The minimum absolute atomic E-state index is 0.0332. The van der Waals surface area contributed by atoms with E-state index in [4.69, 9.17) is 9.47 Å². The van der Waals surface area contributed by atoms with Crippen LogP contribution in [0.1, 0.15) is 31.9 Å². The molecule has 0 spiro atoms. The van der Waals surface area contributed by atoms with E-state index in [9.17, 15) is 9.18 Å². The third kappa shape index (κ3) is 4.95. The molecule has 1 atom stereocenters. The highest BCUT2D eigenvalue weighted by molar-refractivity contribution is 5.76. The van der Waals surface area contributed by atoms with Gasteiger partial charge in [-0.2, -0.15) is 0 Å². The van der Waals surface area contributed by atoms with Gasteiger partial charge in [-0.15, -0.1) is 0 Å². The number of nitrogens with zero attached hydrogens (tertiary/aromatic N) is 1. The van der Waals surface area contributed by atoms with E-state index < -0.39 is 5.82 Å². The van der Waals surface area contributed by atoms with Gasteiger partial charge in [-0.3, -0.25) is 4.79 Å². The number of carbonyl (C=O) groups is 1. The first-order chi connectivity index (χ1) is 12.1. The summed E-state index contributed by atoms with van der Waals surface area (Å²) >= 11 is 0. The molecule has 2 rings (SSSR count). The zero-order valence-electron chi connectivity index (χ0n) is 14.9. The number of benzene rings is 2. The lowest BCUT2D eigenvalue weighted by molar-refractivity contribution is -0.133. The highest BCUT2D eigenvalue weighted by atomic mass is 19.1. The molecule has 2 aromatic carbocycles. The Labute approximate surface area is 148 Å². The summed E-state index contributed by atoms with van der Waals surface area (Å²) in [5.74, 6) is 0.469. The molecule has 0 fully saturated rings. The molecule has 0 N–H and O–H groups in total. The number of ether oxygens (including phenoxy) is 2. The number of carbonyl (C=O) groups excluding carboxylic acids is 1. The molecule has 0 heterocycles. The molecule has 2 aromatic rings. The van der Waals surface area contributed by atoms with Gasteiger partial charge < -0.3 is 14.4 Å². The van der Waals surface area contributed by atoms with Crippen molar-refractivity contribution in [2.75, 3.05) is 20.3 Å². The van der Waals surface area contributed by atoms with Gasteiger partial charge in [-0.1, -0.05) is 24.3 Å². The van der Waals surface area contributed by atoms with Gasteiger partial charge in [0.25, 0.3) is 0 Å². The van der Waals surface area contributed by atoms with Gasteiger partial charge in [-0.25, -0.2) is 4.39 Å². The fourth-order valence-corrected chi connectivity index (χ4v) is 2.70. The standard InChI is InChI=1S/C20H24FNO3/c1-4-22(15(2)16-8-7-9-17(14-16)24-3)20(23)12-13-25-19-11-6-5-10-18(19)21/h5-11,14-15H,4,12-13H2,1-3H3. The lowest BCUT2D eigenvalue weighted by Crippen LogP contribution is -2.34. The van der Waals surface area contributed by atoms with E-state index in [2.05, 4.69) is 0 Å². The van der Waals surface area contributed by atoms with E-state index >= 15 is 0 Å². The van der Waals surface area contributed by atoms with Crippen LogP contribution in [0.2, 0.25) is 0 Å². The average molecular weight is 345 g/mol. The average Bonchev–Trinajstić information content (AvgIpc) is 2.64. The molecule has 1 unspecified atom stereocenters. The van der Waals surface area contributed by atoms with Crippen molar-refractivity contribution in [2.24, 2.45) is 0 Å². The molecular formula is C20H24FNO3. The Morgan fingerprint density at radius 1 is 1.20 bits per heavy atom. The molecule has 0 radical (unpaired) electrons. The van der Waals surface area contributed by atoms with Crippen molar-refractivity contribution in [3.63, 3.8) is 0 Å². The Morgan fingerprint density at radius 2 is 1.96 bits per heavy atom. The van der Waals surface area contributed by atoms with Crippen LogP contribution in [-0.2, 0) is 4.79 Å². The maximum Gasteiger partial charge on any atom is 0.226 e. The Bertz CT molecular complexity index is 705. The lowest BCUT2D eigenvalue weighted by Gasteiger charge is -2.28. The van der Waals surface area contributed by atoms with Gasteiger partial charge in [0.2, 0.25) is 5.91 Å². The number of hydrogen-bond donors (Lipinski definition) is 0. The molecule has 0 bridgehead atoms. The second kappa shape index (κ2) is 9.06. The minimum Gasteiger partial charge on any atom is -0.497 e. The summed E-state index contributed by atoms with van der Waals surface area (Å²) < 4.78 is 24.2. The highest BCUT2D eigenvalue weighted by Gasteiger charge is 2.20. The van der Waals surface area contributed by atoms with Gasteiger partial charge in [0, 0.05) is 6.54 Å². The largest absolute Gasteiger partial charge is 0.497 e. The fourth-order valence-electron chi connectivity index (χ4n) is 2.70. The number of halogens is 1. The van der Waals surface area contributed by atoms with Crippen LogP contribution in [0.25, 0.3) is 0 Å². The van der Waals surface area contributed by atoms with Crippen molar-refractivity contribution in [3.8, 4) is 11.5 Å². The Morgan fingerprint density at radius 3 is 2.64 bits per heavy atom. The number of hydrogen-bond acceptors (Lipinski definition) is 3. The van der Waals surface area contributed by atoms with Gasteiger partial charge in [0.15, 0.2) is 11.6 Å². The van der Waals surface area contributed by atoms with Crippen molar-refractivity contribution < 1.29 is 18.7 Å². The molecule has 0 saturated heterocycles. The molecule has 0 aliphatic heterocycles. The normalized spacial score (nSPS) is 11.7. The van der Waals surface area contributed by atoms with Crippen LogP contribution in [0.3, 0.4) is 0 Å². The monoisotopic (exact) mass is 345 g/mol. The third-order valence-corrected chi connectivity index (χ3v) is 4.11. The van der Waals surface area contributed by atoms with Crippen LogP contribution in [0.15, 0.2) is 48.5 Å². The Hall–Kier alpha value is -2.56. The van der Waals surface area contributed by atoms with Crippen LogP contribution >= 0.6 is 0 Å². The number of rotatable bonds is 8. The predicted molar refractivity (Wildman–Crippen MR) is 95.3 cm³/mol. The number of para-hydroxylation sites is 1. The summed E-state index contributed by atoms with van der Waals surface area (Å²) in [6, 6.07) is 13.8. The van der Waals surface area contributed by atoms with Crippen molar-refractivity contribution in [1.82, 2.24) is 4.90 Å². The zero-order chi connectivity index (χ0) is 18.2. The maximum atomic E-state index is 13.5. The minimum atomic E-state index is -0.424. The first-order valence-electron chi connectivity index (χ1n) is 8.37. The van der Waals surface area contributed by atoms with E-state index in [-0.39, 0.29) is 30.7 Å². The molecule has 25 heavy (non-hydrogen) atoms. The highest BCUT2D eigenvalue weighted by Crippen LogP contribution is 2.24. The predicted octanol–water partition coefficient (Wildman–Crippen LogP) is 4.21. The first-order valence-corrected chi connectivity index (χ1v) is 8.37. The SMILES string of the molecule is CCN(C(=O)CCOc1ccccc1F)C(C)c1cccc(OC)c1. The molecule has 5 heteroatoms. The molecule has 0 aromatic heterocycles. The van der Waals surface area contributed by atoms with Crippen molar-refractivity contribution >= 4 is 5.91 Å². The van der Waals surface area contributed by atoms with E-state index in [0.29, 0.717) is 6.54 Å². The molecule has 134 valence electrons. The van der Waals surface area contributed by atoms with Crippen molar-refractivity contribution in [1.29, 1.82) is 0 Å². The van der Waals surface area contributed by atoms with Crippen LogP contribution < -0.4 is 9.47 Å². The summed E-state index contributed by atoms with van der Waals surface area (Å²) in [5, 5.41) is 0. The second-order valence-electron chi connectivity index (χ2n) is 5.66. The summed E-state index contributed by atoms with van der Waals surface area (Å²) in [7, 11) is 1.62. The third-order valence-electron chi connectivity index (χ3n) is 4.11. The van der Waals surface area contributed by atoms with Gasteiger partial charge in [0.1, 0.15) is 5.75 Å². The topological polar surface area (TPSA) is 38.8 Å². The molecule has 0 aliphatic rings. The molecule has 4 nitrogen and oxygen atoms in total. The molecule has 0 saturated carbocycles. The number of methoxy groups -OCH3 is 1. The van der Waals surface area contributed by atoms with Crippen LogP contribution in [0.4, 0.5) is 4.39 Å². The van der Waals surface area contributed by atoms with E-state index in [1.54, 1.807) is 30.2 Å². The Balaban J connectivity index is 1.96. The first kappa shape index (κ1) is 18.8. The van der Waals surface area contributed by atoms with Crippen LogP contribution in [0.5, 0.6) is 11.5 Å². The van der Waals surface area contributed by atoms with E-state index in [1.807, 2.05) is 38.1 Å². The van der Waals surface area contributed by atoms with Crippen LogP contribution in [0, 0.1) is 5.82 Å².